The number of carbonyl (C=O) groups excluding carboxylic acids is 1. The van der Waals surface area contributed by atoms with Crippen molar-refractivity contribution in [3.63, 3.8) is 0 Å². The van der Waals surface area contributed by atoms with Crippen LogP contribution in [0.1, 0.15) is 62.6 Å². The van der Waals surface area contributed by atoms with E-state index in [0.717, 1.165) is 53.4 Å². The number of ether oxygens (including phenoxy) is 4. The van der Waals surface area contributed by atoms with Crippen molar-refractivity contribution in [2.45, 2.75) is 76.5 Å². The Morgan fingerprint density at radius 3 is 2.46 bits per heavy atom. The second-order valence-electron chi connectivity index (χ2n) is 13.9. The van der Waals surface area contributed by atoms with Crippen LogP contribution in [-0.4, -0.2) is 84.4 Å². The van der Waals surface area contributed by atoms with Crippen LogP contribution in [0.5, 0.6) is 11.5 Å². The maximum atomic E-state index is 14.5. The zero-order chi connectivity index (χ0) is 35.9. The summed E-state index contributed by atoms with van der Waals surface area (Å²) in [6.45, 7) is 11.5. The minimum Gasteiger partial charge on any atom is -0.497 e. The molecule has 0 aromatic heterocycles. The minimum atomic E-state index is -3.93. The van der Waals surface area contributed by atoms with Crippen molar-refractivity contribution in [2.24, 2.45) is 5.41 Å². The summed E-state index contributed by atoms with van der Waals surface area (Å²) in [5.74, 6) is 1.36. The van der Waals surface area contributed by atoms with Crippen molar-refractivity contribution < 1.29 is 32.2 Å². The molecule has 50 heavy (non-hydrogen) atoms. The molecule has 0 unspecified atom stereocenters. The van der Waals surface area contributed by atoms with E-state index >= 15 is 0 Å². The minimum absolute atomic E-state index is 0.0975. The van der Waals surface area contributed by atoms with Crippen LogP contribution in [-0.2, 0) is 30.9 Å². The second kappa shape index (κ2) is 16.6. The summed E-state index contributed by atoms with van der Waals surface area (Å²) in [7, 11) is -0.582. The van der Waals surface area contributed by atoms with Gasteiger partial charge in [0.15, 0.2) is 0 Å². The van der Waals surface area contributed by atoms with Gasteiger partial charge in [-0.05, 0) is 80.6 Å². The van der Waals surface area contributed by atoms with Gasteiger partial charge in [-0.15, -0.1) is 0 Å². The van der Waals surface area contributed by atoms with E-state index in [1.807, 2.05) is 76.2 Å². The van der Waals surface area contributed by atoms with Gasteiger partial charge in [0.2, 0.25) is 15.9 Å². The predicted octanol–water partition coefficient (Wildman–Crippen LogP) is 5.92. The molecule has 5 rings (SSSR count). The number of benzene rings is 3. The summed E-state index contributed by atoms with van der Waals surface area (Å²) < 4.78 is 54.0. The monoisotopic (exact) mass is 707 g/mol. The van der Waals surface area contributed by atoms with Crippen LogP contribution in [0.25, 0.3) is 0 Å². The number of methoxy groups -OCH3 is 2. The third-order valence-corrected chi connectivity index (χ3v) is 11.8. The number of rotatable bonds is 15. The Balaban J connectivity index is 1.48. The number of fused-ring (bicyclic) bond motifs is 1. The number of hydrogen-bond acceptors (Lipinski definition) is 8. The van der Waals surface area contributed by atoms with E-state index in [4.69, 9.17) is 18.9 Å². The quantitative estimate of drug-likeness (QED) is 0.194. The van der Waals surface area contributed by atoms with Gasteiger partial charge in [-0.25, -0.2) is 8.42 Å². The summed E-state index contributed by atoms with van der Waals surface area (Å²) in [5, 5.41) is 2.94. The number of nitrogens with one attached hydrogen (secondary N) is 1. The fourth-order valence-electron chi connectivity index (χ4n) is 7.04. The lowest BCUT2D eigenvalue weighted by Crippen LogP contribution is -2.54. The molecule has 0 spiro atoms. The summed E-state index contributed by atoms with van der Waals surface area (Å²) in [4.78, 5) is 15.8. The smallest absolute Gasteiger partial charge is 0.243 e. The highest BCUT2D eigenvalue weighted by Gasteiger charge is 2.45. The van der Waals surface area contributed by atoms with Gasteiger partial charge in [0.25, 0.3) is 0 Å². The first-order valence-corrected chi connectivity index (χ1v) is 19.0. The van der Waals surface area contributed by atoms with Gasteiger partial charge in [-0.2, -0.15) is 4.31 Å². The lowest BCUT2D eigenvalue weighted by molar-refractivity contribution is -0.130. The molecule has 1 N–H and O–H groups in total. The van der Waals surface area contributed by atoms with Crippen molar-refractivity contribution >= 4 is 21.6 Å². The third kappa shape index (κ3) is 8.80. The largest absolute Gasteiger partial charge is 0.497 e. The molecule has 10 nitrogen and oxygen atoms in total. The maximum absolute atomic E-state index is 14.5. The number of amides is 1. The Morgan fingerprint density at radius 1 is 1.04 bits per heavy atom. The summed E-state index contributed by atoms with van der Waals surface area (Å²) >= 11 is 0. The Labute approximate surface area is 298 Å². The molecule has 2 aliphatic rings. The fraction of sp³-hybridized carbons (Fsp3) is 0.513. The SMILES string of the molecule is CCNC(=O)C(C)(C)C[C@@H]1C[C@H](c2ccc(OC)cc2)[C@@H](OCc2ccc3c(c2)N(CCCOC)CCO3)CN1S(=O)(=O)c1ccc(C)cc1. The van der Waals surface area contributed by atoms with Crippen LogP contribution < -0.4 is 19.7 Å². The first-order chi connectivity index (χ1) is 24.0. The fourth-order valence-corrected chi connectivity index (χ4v) is 8.68. The van der Waals surface area contributed by atoms with Gasteiger partial charge >= 0.3 is 0 Å². The molecule has 1 saturated heterocycles. The lowest BCUT2D eigenvalue weighted by Gasteiger charge is -2.45. The molecule has 0 aliphatic carbocycles. The summed E-state index contributed by atoms with van der Waals surface area (Å²) in [6, 6.07) is 20.5. The van der Waals surface area contributed by atoms with Crippen LogP contribution in [0.3, 0.4) is 0 Å². The van der Waals surface area contributed by atoms with Crippen molar-refractivity contribution in [1.82, 2.24) is 9.62 Å². The highest BCUT2D eigenvalue weighted by Crippen LogP contribution is 2.42. The molecular formula is C39H53N3O7S. The Bertz CT molecular complexity index is 1680. The number of sulfonamides is 1. The normalized spacial score (nSPS) is 19.8. The van der Waals surface area contributed by atoms with Gasteiger partial charge < -0.3 is 29.2 Å². The van der Waals surface area contributed by atoms with Crippen molar-refractivity contribution in [2.75, 3.05) is 58.5 Å². The zero-order valence-electron chi connectivity index (χ0n) is 30.3. The molecule has 0 saturated carbocycles. The third-order valence-electron chi connectivity index (χ3n) is 9.83. The summed E-state index contributed by atoms with van der Waals surface area (Å²) in [5.41, 5.74) is 3.21. The second-order valence-corrected chi connectivity index (χ2v) is 15.8. The van der Waals surface area contributed by atoms with Gasteiger partial charge in [-0.1, -0.05) is 49.7 Å². The van der Waals surface area contributed by atoms with Crippen LogP contribution in [0.15, 0.2) is 71.6 Å². The average Bonchev–Trinajstić information content (AvgIpc) is 3.11. The van der Waals surface area contributed by atoms with Crippen molar-refractivity contribution in [3.8, 4) is 11.5 Å². The van der Waals surface area contributed by atoms with Crippen LogP contribution in [0.2, 0.25) is 0 Å². The number of hydrogen-bond donors (Lipinski definition) is 1. The number of nitrogens with zero attached hydrogens (tertiary/aromatic N) is 2. The maximum Gasteiger partial charge on any atom is 0.243 e. The van der Waals surface area contributed by atoms with Crippen LogP contribution in [0.4, 0.5) is 5.69 Å². The molecule has 0 bridgehead atoms. The van der Waals surface area contributed by atoms with Gasteiger partial charge in [0.05, 0.1) is 36.9 Å². The Kier molecular flexibility index (Phi) is 12.5. The molecule has 1 fully saturated rings. The molecule has 3 atom stereocenters. The molecule has 2 aliphatic heterocycles. The zero-order valence-corrected chi connectivity index (χ0v) is 31.1. The Morgan fingerprint density at radius 2 is 1.78 bits per heavy atom. The molecule has 1 amide bonds. The van der Waals surface area contributed by atoms with Crippen LogP contribution in [0, 0.1) is 12.3 Å². The number of aryl methyl sites for hydroxylation is 1. The number of piperidine rings is 1. The van der Waals surface area contributed by atoms with E-state index in [2.05, 4.69) is 16.3 Å². The van der Waals surface area contributed by atoms with E-state index in [1.165, 1.54) is 0 Å². The van der Waals surface area contributed by atoms with E-state index < -0.39 is 27.6 Å². The Hall–Kier alpha value is -3.64. The first kappa shape index (κ1) is 37.6. The topological polar surface area (TPSA) is 107 Å². The number of carbonyl (C=O) groups is 1. The number of anilines is 1. The summed E-state index contributed by atoms with van der Waals surface area (Å²) in [6.07, 6.45) is 1.28. The van der Waals surface area contributed by atoms with E-state index in [-0.39, 0.29) is 23.3 Å². The van der Waals surface area contributed by atoms with Gasteiger partial charge in [-0.3, -0.25) is 4.79 Å². The van der Waals surface area contributed by atoms with Gasteiger partial charge in [0, 0.05) is 50.7 Å². The molecular weight excluding hydrogens is 655 g/mol. The highest BCUT2D eigenvalue weighted by molar-refractivity contribution is 7.89. The van der Waals surface area contributed by atoms with E-state index in [9.17, 15) is 13.2 Å². The molecule has 0 radical (unpaired) electrons. The van der Waals surface area contributed by atoms with E-state index in [0.29, 0.717) is 39.2 Å². The van der Waals surface area contributed by atoms with Crippen LogP contribution >= 0.6 is 0 Å². The molecule has 272 valence electrons. The molecule has 3 aromatic carbocycles. The van der Waals surface area contributed by atoms with Gasteiger partial charge in [0.1, 0.15) is 18.1 Å². The first-order valence-electron chi connectivity index (χ1n) is 17.6. The molecule has 3 aromatic rings. The lowest BCUT2D eigenvalue weighted by atomic mass is 9.77. The van der Waals surface area contributed by atoms with Crippen molar-refractivity contribution in [1.29, 1.82) is 0 Å². The average molecular weight is 708 g/mol. The standard InChI is InChI=1S/C39H53N3O7S/c1-7-40-38(43)39(3,4)25-31-24-34(30-12-14-32(47-6)15-13-30)37(26-42(31)50(44,45)33-16-9-28(2)10-17-33)49-27-29-11-18-36-35(23-29)41(20-22-48-36)19-8-21-46-5/h9-18,23,31,34,37H,7-8,19-22,24-27H2,1-6H3,(H,40,43)/t31-,34+,37-/m0/s1. The molecule has 11 heteroatoms. The van der Waals surface area contributed by atoms with E-state index in [1.54, 1.807) is 30.7 Å². The highest BCUT2D eigenvalue weighted by atomic mass is 32.2. The molecule has 2 heterocycles. The van der Waals surface area contributed by atoms with Crippen molar-refractivity contribution in [3.05, 3.63) is 83.4 Å². The predicted molar refractivity (Wildman–Crippen MR) is 196 cm³/mol.